The first-order valence-electron chi connectivity index (χ1n) is 5.96. The Bertz CT molecular complexity index is 376. The summed E-state index contributed by atoms with van der Waals surface area (Å²) in [6.45, 7) is 3.49. The molecule has 1 aliphatic rings. The van der Waals surface area contributed by atoms with Crippen molar-refractivity contribution in [2.24, 2.45) is 5.73 Å². The summed E-state index contributed by atoms with van der Waals surface area (Å²) in [6.07, 6.45) is 2.27. The smallest absolute Gasteiger partial charge is 0.124 e. The third-order valence-electron chi connectivity index (χ3n) is 2.87. The molecule has 2 atom stereocenters. The van der Waals surface area contributed by atoms with Gasteiger partial charge in [-0.15, -0.1) is 0 Å². The molecule has 1 aromatic rings. The highest BCUT2D eigenvalue weighted by Crippen LogP contribution is 2.29. The summed E-state index contributed by atoms with van der Waals surface area (Å²) in [4.78, 5) is 0. The van der Waals surface area contributed by atoms with Crippen LogP contribution < -0.4 is 10.5 Å². The van der Waals surface area contributed by atoms with Gasteiger partial charge in [-0.3, -0.25) is 0 Å². The van der Waals surface area contributed by atoms with E-state index in [9.17, 15) is 0 Å². The van der Waals surface area contributed by atoms with Crippen LogP contribution in [-0.4, -0.2) is 19.3 Å². The van der Waals surface area contributed by atoms with Crippen LogP contribution in [0.1, 0.15) is 31.4 Å². The van der Waals surface area contributed by atoms with Crippen LogP contribution in [-0.2, 0) is 4.74 Å². The van der Waals surface area contributed by atoms with Gasteiger partial charge in [0.05, 0.1) is 6.61 Å². The number of nitrogens with two attached hydrogens (primary N) is 1. The van der Waals surface area contributed by atoms with Crippen molar-refractivity contribution >= 4 is 15.9 Å². The molecule has 1 saturated heterocycles. The predicted octanol–water partition coefficient (Wildman–Crippen LogP) is 3.03. The van der Waals surface area contributed by atoms with Crippen molar-refractivity contribution in [1.29, 1.82) is 0 Å². The zero-order chi connectivity index (χ0) is 12.3. The van der Waals surface area contributed by atoms with Crippen molar-refractivity contribution in [3.63, 3.8) is 0 Å². The molecule has 1 heterocycles. The van der Waals surface area contributed by atoms with E-state index in [0.717, 1.165) is 35.2 Å². The maximum atomic E-state index is 5.98. The quantitative estimate of drug-likeness (QED) is 0.933. The largest absolute Gasteiger partial charge is 0.488 e. The Labute approximate surface area is 110 Å². The molecule has 0 saturated carbocycles. The number of halogens is 1. The topological polar surface area (TPSA) is 44.5 Å². The van der Waals surface area contributed by atoms with Gasteiger partial charge >= 0.3 is 0 Å². The zero-order valence-electron chi connectivity index (χ0n) is 9.99. The molecule has 1 unspecified atom stereocenters. The van der Waals surface area contributed by atoms with Gasteiger partial charge in [0.2, 0.25) is 0 Å². The molecular formula is C13H18BrNO2. The Kier molecular flexibility index (Phi) is 4.42. The first kappa shape index (κ1) is 12.9. The van der Waals surface area contributed by atoms with E-state index in [-0.39, 0.29) is 12.1 Å². The Morgan fingerprint density at radius 3 is 3.00 bits per heavy atom. The lowest BCUT2D eigenvalue weighted by molar-refractivity contribution is 0.00693. The van der Waals surface area contributed by atoms with E-state index in [1.165, 1.54) is 0 Å². The minimum Gasteiger partial charge on any atom is -0.488 e. The number of rotatable bonds is 3. The zero-order valence-corrected chi connectivity index (χ0v) is 11.6. The van der Waals surface area contributed by atoms with Crippen molar-refractivity contribution in [3.05, 3.63) is 28.2 Å². The fourth-order valence-corrected chi connectivity index (χ4v) is 2.34. The lowest BCUT2D eigenvalue weighted by Gasteiger charge is -2.25. The molecule has 0 radical (unpaired) electrons. The summed E-state index contributed by atoms with van der Waals surface area (Å²) in [6, 6.07) is 5.93. The van der Waals surface area contributed by atoms with Gasteiger partial charge < -0.3 is 15.2 Å². The van der Waals surface area contributed by atoms with Gasteiger partial charge in [-0.1, -0.05) is 15.9 Å². The molecule has 3 nitrogen and oxygen atoms in total. The van der Waals surface area contributed by atoms with Gasteiger partial charge in [0.15, 0.2) is 0 Å². The molecule has 2 rings (SSSR count). The van der Waals surface area contributed by atoms with Crippen molar-refractivity contribution < 1.29 is 9.47 Å². The second kappa shape index (κ2) is 5.85. The van der Waals surface area contributed by atoms with Gasteiger partial charge in [-0.25, -0.2) is 0 Å². The highest BCUT2D eigenvalue weighted by atomic mass is 79.9. The van der Waals surface area contributed by atoms with Crippen molar-refractivity contribution in [3.8, 4) is 5.75 Å². The van der Waals surface area contributed by atoms with Crippen molar-refractivity contribution in [2.45, 2.75) is 31.9 Å². The van der Waals surface area contributed by atoms with E-state index in [2.05, 4.69) is 15.9 Å². The minimum atomic E-state index is -0.0352. The second-order valence-corrected chi connectivity index (χ2v) is 5.34. The number of ether oxygens (including phenoxy) is 2. The highest BCUT2D eigenvalue weighted by Gasteiger charge is 2.18. The number of hydrogen-bond acceptors (Lipinski definition) is 3. The molecule has 2 N–H and O–H groups in total. The Hall–Kier alpha value is -0.580. The fourth-order valence-electron chi connectivity index (χ4n) is 1.97. The molecule has 0 bridgehead atoms. The third kappa shape index (κ3) is 3.44. The Morgan fingerprint density at radius 2 is 2.35 bits per heavy atom. The normalized spacial score (nSPS) is 22.2. The van der Waals surface area contributed by atoms with E-state index in [1.807, 2.05) is 25.1 Å². The van der Waals surface area contributed by atoms with E-state index in [1.54, 1.807) is 0 Å². The van der Waals surface area contributed by atoms with E-state index in [4.69, 9.17) is 15.2 Å². The molecule has 1 aromatic carbocycles. The summed E-state index contributed by atoms with van der Waals surface area (Å²) in [5.74, 6) is 0.874. The Morgan fingerprint density at radius 1 is 1.53 bits per heavy atom. The molecule has 94 valence electrons. The summed E-state index contributed by atoms with van der Waals surface area (Å²) in [7, 11) is 0. The molecule has 1 aliphatic heterocycles. The molecule has 1 fully saturated rings. The van der Waals surface area contributed by atoms with Crippen LogP contribution >= 0.6 is 15.9 Å². The molecule has 0 aromatic heterocycles. The lowest BCUT2D eigenvalue weighted by Crippen LogP contribution is -2.28. The summed E-state index contributed by atoms with van der Waals surface area (Å²) < 4.78 is 12.4. The average molecular weight is 300 g/mol. The van der Waals surface area contributed by atoms with E-state index < -0.39 is 0 Å². The molecule has 0 spiro atoms. The van der Waals surface area contributed by atoms with Gasteiger partial charge in [0.1, 0.15) is 11.9 Å². The first-order valence-corrected chi connectivity index (χ1v) is 6.75. The Balaban J connectivity index is 2.13. The van der Waals surface area contributed by atoms with Crippen LogP contribution in [0.2, 0.25) is 0 Å². The third-order valence-corrected chi connectivity index (χ3v) is 3.37. The van der Waals surface area contributed by atoms with Crippen LogP contribution in [0.3, 0.4) is 0 Å². The van der Waals surface area contributed by atoms with E-state index >= 15 is 0 Å². The predicted molar refractivity (Wildman–Crippen MR) is 71.2 cm³/mol. The summed E-state index contributed by atoms with van der Waals surface area (Å²) >= 11 is 3.45. The maximum absolute atomic E-state index is 5.98. The number of benzene rings is 1. The fraction of sp³-hybridized carbons (Fsp3) is 0.538. The molecule has 0 amide bonds. The second-order valence-electron chi connectivity index (χ2n) is 4.43. The summed E-state index contributed by atoms with van der Waals surface area (Å²) in [5.41, 5.74) is 6.99. The monoisotopic (exact) mass is 299 g/mol. The van der Waals surface area contributed by atoms with Gasteiger partial charge in [0, 0.05) is 22.7 Å². The average Bonchev–Trinajstić information content (AvgIpc) is 2.32. The maximum Gasteiger partial charge on any atom is 0.124 e. The van der Waals surface area contributed by atoms with E-state index in [0.29, 0.717) is 6.61 Å². The molecule has 4 heteroatoms. The van der Waals surface area contributed by atoms with Crippen LogP contribution in [0.25, 0.3) is 0 Å². The first-order chi connectivity index (χ1) is 8.16. The SMILES string of the molecule is C[C@H](N)c1cc(Br)ccc1OC1CCCOC1. The molecule has 17 heavy (non-hydrogen) atoms. The minimum absolute atomic E-state index is 0.0352. The standard InChI is InChI=1S/C13H18BrNO2/c1-9(15)12-7-10(14)4-5-13(12)17-11-3-2-6-16-8-11/h4-5,7,9,11H,2-3,6,8,15H2,1H3/t9-,11?/m0/s1. The van der Waals surface area contributed by atoms with Gasteiger partial charge in [0.25, 0.3) is 0 Å². The van der Waals surface area contributed by atoms with Crippen LogP contribution in [0.4, 0.5) is 0 Å². The van der Waals surface area contributed by atoms with Crippen molar-refractivity contribution in [1.82, 2.24) is 0 Å². The van der Waals surface area contributed by atoms with Crippen LogP contribution in [0, 0.1) is 0 Å². The highest BCUT2D eigenvalue weighted by molar-refractivity contribution is 9.10. The molecular weight excluding hydrogens is 282 g/mol. The van der Waals surface area contributed by atoms with Crippen LogP contribution in [0.15, 0.2) is 22.7 Å². The summed E-state index contributed by atoms with van der Waals surface area (Å²) in [5, 5.41) is 0. The van der Waals surface area contributed by atoms with Crippen molar-refractivity contribution in [2.75, 3.05) is 13.2 Å². The number of hydrogen-bond donors (Lipinski definition) is 1. The van der Waals surface area contributed by atoms with Gasteiger partial charge in [-0.2, -0.15) is 0 Å². The van der Waals surface area contributed by atoms with Gasteiger partial charge in [-0.05, 0) is 38.0 Å². The molecule has 0 aliphatic carbocycles. The lowest BCUT2D eigenvalue weighted by atomic mass is 10.1. The van der Waals surface area contributed by atoms with Crippen LogP contribution in [0.5, 0.6) is 5.75 Å².